The van der Waals surface area contributed by atoms with Crippen LogP contribution in [0.25, 0.3) is 0 Å². The van der Waals surface area contributed by atoms with Gasteiger partial charge in [0.05, 0.1) is 12.2 Å². The zero-order valence-electron chi connectivity index (χ0n) is 10.2. The normalized spacial score (nSPS) is 31.8. The molecule has 3 atom stereocenters. The summed E-state index contributed by atoms with van der Waals surface area (Å²) in [6.45, 7) is 4.34. The Balaban J connectivity index is 2.27. The van der Waals surface area contributed by atoms with Gasteiger partial charge in [0.2, 0.25) is 0 Å². The second kappa shape index (κ2) is 7.21. The molecule has 0 spiro atoms. The first kappa shape index (κ1) is 13.0. The van der Waals surface area contributed by atoms with Gasteiger partial charge in [-0.3, -0.25) is 0 Å². The van der Waals surface area contributed by atoms with Gasteiger partial charge in [-0.1, -0.05) is 39.5 Å². The fourth-order valence-corrected chi connectivity index (χ4v) is 2.29. The molecule has 1 saturated heterocycles. The molecule has 1 unspecified atom stereocenters. The lowest BCUT2D eigenvalue weighted by atomic mass is 9.96. The molecule has 1 aliphatic heterocycles. The zero-order valence-corrected chi connectivity index (χ0v) is 10.2. The lowest BCUT2D eigenvalue weighted by Gasteiger charge is -2.32. The molecular formula is C13H25FO. The monoisotopic (exact) mass is 216 g/mol. The Morgan fingerprint density at radius 2 is 1.47 bits per heavy atom. The van der Waals surface area contributed by atoms with Crippen LogP contribution in [0.4, 0.5) is 4.39 Å². The Morgan fingerprint density at radius 3 is 1.87 bits per heavy atom. The number of hydrogen-bond acceptors (Lipinski definition) is 1. The second-order valence-electron chi connectivity index (χ2n) is 4.73. The van der Waals surface area contributed by atoms with Crippen molar-refractivity contribution in [3.63, 3.8) is 0 Å². The van der Waals surface area contributed by atoms with Crippen LogP contribution in [0.3, 0.4) is 0 Å². The first-order valence-corrected chi connectivity index (χ1v) is 6.55. The van der Waals surface area contributed by atoms with Gasteiger partial charge in [0, 0.05) is 12.8 Å². The van der Waals surface area contributed by atoms with Crippen LogP contribution in [0.1, 0.15) is 65.2 Å². The first-order chi connectivity index (χ1) is 7.26. The average molecular weight is 216 g/mol. The summed E-state index contributed by atoms with van der Waals surface area (Å²) in [6, 6.07) is 0. The van der Waals surface area contributed by atoms with Crippen molar-refractivity contribution in [3.8, 4) is 0 Å². The topological polar surface area (TPSA) is 9.23 Å². The molecule has 1 heterocycles. The average Bonchev–Trinajstić information content (AvgIpc) is 2.23. The molecule has 0 saturated carbocycles. The fraction of sp³-hybridized carbons (Fsp3) is 1.00. The lowest BCUT2D eigenvalue weighted by Crippen LogP contribution is -2.33. The first-order valence-electron chi connectivity index (χ1n) is 6.55. The molecule has 0 aromatic heterocycles. The predicted octanol–water partition coefficient (Wildman–Crippen LogP) is 4.25. The van der Waals surface area contributed by atoms with Gasteiger partial charge < -0.3 is 4.74 Å². The highest BCUT2D eigenvalue weighted by Crippen LogP contribution is 2.27. The summed E-state index contributed by atoms with van der Waals surface area (Å²) >= 11 is 0. The van der Waals surface area contributed by atoms with Gasteiger partial charge in [0.1, 0.15) is 6.17 Å². The summed E-state index contributed by atoms with van der Waals surface area (Å²) < 4.78 is 19.4. The third-order valence-electron chi connectivity index (χ3n) is 3.18. The Labute approximate surface area is 93.4 Å². The number of unbranched alkanes of at least 4 members (excludes halogenated alkanes) is 2. The van der Waals surface area contributed by atoms with Crippen LogP contribution in [-0.4, -0.2) is 18.4 Å². The molecule has 1 rings (SSSR count). The van der Waals surface area contributed by atoms with Crippen LogP contribution in [0.15, 0.2) is 0 Å². The maximum Gasteiger partial charge on any atom is 0.105 e. The van der Waals surface area contributed by atoms with Gasteiger partial charge >= 0.3 is 0 Å². The molecule has 2 heteroatoms. The number of ether oxygens (including phenoxy) is 1. The molecule has 90 valence electrons. The largest absolute Gasteiger partial charge is 0.375 e. The number of halogens is 1. The third-order valence-corrected chi connectivity index (χ3v) is 3.18. The third kappa shape index (κ3) is 4.96. The van der Waals surface area contributed by atoms with Crippen LogP contribution >= 0.6 is 0 Å². The van der Waals surface area contributed by atoms with E-state index in [9.17, 15) is 4.39 Å². The molecule has 1 aliphatic rings. The van der Waals surface area contributed by atoms with Crippen molar-refractivity contribution in [2.75, 3.05) is 0 Å². The van der Waals surface area contributed by atoms with Gasteiger partial charge in [-0.25, -0.2) is 4.39 Å². The van der Waals surface area contributed by atoms with Gasteiger partial charge in [-0.05, 0) is 12.8 Å². The molecule has 0 radical (unpaired) electrons. The summed E-state index contributed by atoms with van der Waals surface area (Å²) in [4.78, 5) is 0. The summed E-state index contributed by atoms with van der Waals surface area (Å²) in [6.07, 6.45) is 7.78. The maximum absolute atomic E-state index is 13.5. The van der Waals surface area contributed by atoms with Crippen LogP contribution < -0.4 is 0 Å². The summed E-state index contributed by atoms with van der Waals surface area (Å²) in [5.41, 5.74) is 0. The molecular weight excluding hydrogens is 191 g/mol. The molecule has 1 fully saturated rings. The quantitative estimate of drug-likeness (QED) is 0.645. The highest BCUT2D eigenvalue weighted by atomic mass is 19.1. The van der Waals surface area contributed by atoms with E-state index in [4.69, 9.17) is 4.74 Å². The smallest absolute Gasteiger partial charge is 0.105 e. The van der Waals surface area contributed by atoms with Crippen molar-refractivity contribution < 1.29 is 9.13 Å². The van der Waals surface area contributed by atoms with Crippen molar-refractivity contribution in [2.45, 2.75) is 83.6 Å². The van der Waals surface area contributed by atoms with Gasteiger partial charge in [-0.15, -0.1) is 0 Å². The number of rotatable bonds is 6. The number of hydrogen-bond donors (Lipinski definition) is 0. The van der Waals surface area contributed by atoms with E-state index in [0.717, 1.165) is 25.7 Å². The number of alkyl halides is 1. The Morgan fingerprint density at radius 1 is 1.00 bits per heavy atom. The van der Waals surface area contributed by atoms with E-state index < -0.39 is 6.17 Å². The highest BCUT2D eigenvalue weighted by Gasteiger charge is 2.28. The van der Waals surface area contributed by atoms with Crippen LogP contribution in [0.5, 0.6) is 0 Å². The van der Waals surface area contributed by atoms with Crippen LogP contribution in [0, 0.1) is 0 Å². The van der Waals surface area contributed by atoms with Crippen LogP contribution in [0.2, 0.25) is 0 Å². The zero-order chi connectivity index (χ0) is 11.1. The van der Waals surface area contributed by atoms with E-state index >= 15 is 0 Å². The minimum absolute atomic E-state index is 0.190. The van der Waals surface area contributed by atoms with Gasteiger partial charge in [0.15, 0.2) is 0 Å². The van der Waals surface area contributed by atoms with E-state index in [2.05, 4.69) is 13.8 Å². The highest BCUT2D eigenvalue weighted by molar-refractivity contribution is 4.77. The summed E-state index contributed by atoms with van der Waals surface area (Å²) in [7, 11) is 0. The Hall–Kier alpha value is -0.110. The minimum Gasteiger partial charge on any atom is -0.375 e. The molecule has 0 aliphatic carbocycles. The van der Waals surface area contributed by atoms with E-state index in [1.807, 2.05) is 0 Å². The van der Waals surface area contributed by atoms with Gasteiger partial charge in [-0.2, -0.15) is 0 Å². The Bertz CT molecular complexity index is 145. The van der Waals surface area contributed by atoms with Crippen molar-refractivity contribution in [1.82, 2.24) is 0 Å². The van der Waals surface area contributed by atoms with Crippen molar-refractivity contribution >= 4 is 0 Å². The molecule has 15 heavy (non-hydrogen) atoms. The molecule has 0 aromatic carbocycles. The summed E-state index contributed by atoms with van der Waals surface area (Å²) in [5, 5.41) is 0. The Kier molecular flexibility index (Phi) is 6.23. The predicted molar refractivity (Wildman–Crippen MR) is 61.8 cm³/mol. The van der Waals surface area contributed by atoms with Crippen molar-refractivity contribution in [2.24, 2.45) is 0 Å². The van der Waals surface area contributed by atoms with Crippen LogP contribution in [-0.2, 0) is 4.74 Å². The van der Waals surface area contributed by atoms with Crippen molar-refractivity contribution in [3.05, 3.63) is 0 Å². The molecule has 0 bridgehead atoms. The van der Waals surface area contributed by atoms with E-state index in [1.165, 1.54) is 12.8 Å². The van der Waals surface area contributed by atoms with E-state index in [1.54, 1.807) is 0 Å². The van der Waals surface area contributed by atoms with Gasteiger partial charge in [0.25, 0.3) is 0 Å². The minimum atomic E-state index is -0.623. The molecule has 1 nitrogen and oxygen atoms in total. The van der Waals surface area contributed by atoms with E-state index in [-0.39, 0.29) is 12.2 Å². The molecule has 0 amide bonds. The fourth-order valence-electron chi connectivity index (χ4n) is 2.29. The van der Waals surface area contributed by atoms with Crippen molar-refractivity contribution in [1.29, 1.82) is 0 Å². The van der Waals surface area contributed by atoms with E-state index in [0.29, 0.717) is 12.8 Å². The lowest BCUT2D eigenvalue weighted by molar-refractivity contribution is -0.0835. The SMILES string of the molecule is CCCC[C@@H]1CC(F)C[C@H](CCCC)O1. The standard InChI is InChI=1S/C13H25FO/c1-3-5-7-12-9-11(14)10-13(15-12)8-6-4-2/h11-13H,3-10H2,1-2H3/t11?,12-,13+. The molecule has 0 aromatic rings. The second-order valence-corrected chi connectivity index (χ2v) is 4.73. The summed E-state index contributed by atoms with van der Waals surface area (Å²) in [5.74, 6) is 0. The maximum atomic E-state index is 13.5. The molecule has 0 N–H and O–H groups in total.